The maximum atomic E-state index is 12.6. The number of carboxylic acids is 1. The van der Waals surface area contributed by atoms with E-state index in [4.69, 9.17) is 4.74 Å². The molecule has 0 saturated carbocycles. The molecule has 1 heterocycles. The lowest BCUT2D eigenvalue weighted by molar-refractivity contribution is -0.304. The average molecular weight is 376 g/mol. The molecule has 0 spiro atoms. The summed E-state index contributed by atoms with van der Waals surface area (Å²) < 4.78 is 5.00. The summed E-state index contributed by atoms with van der Waals surface area (Å²) in [6.07, 6.45) is -0.321. The number of rotatable bonds is 9. The number of anilines is 1. The number of aliphatic carboxylic acids is 1. The number of nitrogens with zero attached hydrogens (tertiary/aromatic N) is 2. The molecule has 2 amide bonds. The van der Waals surface area contributed by atoms with Gasteiger partial charge in [-0.1, -0.05) is 18.2 Å². The number of methoxy groups -OCH3 is 1. The first-order valence-corrected chi connectivity index (χ1v) is 8.65. The molecule has 0 atom stereocenters. The molecule has 138 valence electrons. The summed E-state index contributed by atoms with van der Waals surface area (Å²) in [5.41, 5.74) is 0.781. The monoisotopic (exact) mass is 376 g/mol. The summed E-state index contributed by atoms with van der Waals surface area (Å²) in [6.45, 7) is 0.372. The quantitative estimate of drug-likeness (QED) is 0.667. The van der Waals surface area contributed by atoms with E-state index in [-0.39, 0.29) is 30.5 Å². The van der Waals surface area contributed by atoms with Crippen LogP contribution in [-0.2, 0) is 20.7 Å². The highest BCUT2D eigenvalue weighted by Gasteiger charge is 2.19. The average Bonchev–Trinajstić information content (AvgIpc) is 3.04. The van der Waals surface area contributed by atoms with Crippen molar-refractivity contribution in [3.05, 3.63) is 47.0 Å². The molecule has 1 aromatic heterocycles. The number of hydrogen-bond acceptors (Lipinski definition) is 7. The van der Waals surface area contributed by atoms with Crippen molar-refractivity contribution in [1.29, 1.82) is 0 Å². The van der Waals surface area contributed by atoms with Gasteiger partial charge in [0, 0.05) is 37.0 Å². The fraction of sp³-hybridized carbons (Fsp3) is 0.294. The second-order valence-electron chi connectivity index (χ2n) is 5.33. The predicted octanol–water partition coefficient (Wildman–Crippen LogP) is 0.163. The first kappa shape index (κ1) is 19.5. The van der Waals surface area contributed by atoms with Crippen molar-refractivity contribution in [2.24, 2.45) is 0 Å². The minimum absolute atomic E-state index is 0.174. The van der Waals surface area contributed by atoms with E-state index in [1.54, 1.807) is 30.3 Å². The SMILES string of the molecule is COCCN(CC(=O)Nc1nc(CC(=O)[O-])cs1)C(=O)c1ccccc1. The normalized spacial score (nSPS) is 10.3. The molecule has 0 radical (unpaired) electrons. The number of hydrogen-bond donors (Lipinski definition) is 1. The summed E-state index contributed by atoms with van der Waals surface area (Å²) in [7, 11) is 1.51. The summed E-state index contributed by atoms with van der Waals surface area (Å²) in [5, 5.41) is 14.9. The van der Waals surface area contributed by atoms with Gasteiger partial charge < -0.3 is 24.9 Å². The van der Waals surface area contributed by atoms with Gasteiger partial charge in [-0.15, -0.1) is 11.3 Å². The molecule has 1 N–H and O–H groups in total. The van der Waals surface area contributed by atoms with Crippen LogP contribution in [0.2, 0.25) is 0 Å². The third kappa shape index (κ3) is 5.94. The number of benzene rings is 1. The second-order valence-corrected chi connectivity index (χ2v) is 6.18. The van der Waals surface area contributed by atoms with Crippen LogP contribution < -0.4 is 10.4 Å². The molecule has 0 aliphatic rings. The molecule has 26 heavy (non-hydrogen) atoms. The van der Waals surface area contributed by atoms with Gasteiger partial charge >= 0.3 is 0 Å². The van der Waals surface area contributed by atoms with Crippen LogP contribution in [0.1, 0.15) is 16.1 Å². The minimum Gasteiger partial charge on any atom is -0.550 e. The molecular weight excluding hydrogens is 358 g/mol. The molecule has 0 saturated heterocycles. The zero-order chi connectivity index (χ0) is 18.9. The molecular formula is C17H18N3O5S-. The Balaban J connectivity index is 2.00. The zero-order valence-corrected chi connectivity index (χ0v) is 15.0. The Labute approximate surface area is 154 Å². The maximum absolute atomic E-state index is 12.6. The van der Waals surface area contributed by atoms with E-state index in [9.17, 15) is 19.5 Å². The fourth-order valence-corrected chi connectivity index (χ4v) is 2.87. The number of carbonyl (C=O) groups is 3. The molecule has 0 bridgehead atoms. The van der Waals surface area contributed by atoms with Gasteiger partial charge in [-0.3, -0.25) is 9.59 Å². The summed E-state index contributed by atoms with van der Waals surface area (Å²) >= 11 is 1.11. The highest BCUT2D eigenvalue weighted by atomic mass is 32.1. The van der Waals surface area contributed by atoms with Crippen LogP contribution in [0.4, 0.5) is 5.13 Å². The molecule has 9 heteroatoms. The van der Waals surface area contributed by atoms with Crippen LogP contribution in [-0.4, -0.2) is 54.5 Å². The van der Waals surface area contributed by atoms with Gasteiger partial charge in [-0.05, 0) is 12.1 Å². The van der Waals surface area contributed by atoms with Crippen molar-refractivity contribution in [3.63, 3.8) is 0 Å². The first-order chi connectivity index (χ1) is 12.5. The lowest BCUT2D eigenvalue weighted by atomic mass is 10.2. The van der Waals surface area contributed by atoms with Crippen LogP contribution in [0.3, 0.4) is 0 Å². The maximum Gasteiger partial charge on any atom is 0.254 e. The Hall–Kier alpha value is -2.78. The van der Waals surface area contributed by atoms with E-state index >= 15 is 0 Å². The number of carbonyl (C=O) groups excluding carboxylic acids is 3. The molecule has 8 nitrogen and oxygen atoms in total. The molecule has 0 fully saturated rings. The van der Waals surface area contributed by atoms with Gasteiger partial charge in [0.1, 0.15) is 6.54 Å². The molecule has 0 unspecified atom stereocenters. The van der Waals surface area contributed by atoms with Crippen molar-refractivity contribution in [2.45, 2.75) is 6.42 Å². The van der Waals surface area contributed by atoms with E-state index in [1.807, 2.05) is 0 Å². The minimum atomic E-state index is -1.24. The first-order valence-electron chi connectivity index (χ1n) is 7.77. The van der Waals surface area contributed by atoms with Gasteiger partial charge in [-0.25, -0.2) is 4.98 Å². The van der Waals surface area contributed by atoms with Crippen molar-refractivity contribution in [1.82, 2.24) is 9.88 Å². The third-order valence-corrected chi connectivity index (χ3v) is 4.14. The number of ether oxygens (including phenoxy) is 1. The van der Waals surface area contributed by atoms with E-state index in [0.29, 0.717) is 17.9 Å². The van der Waals surface area contributed by atoms with Gasteiger partial charge in [0.15, 0.2) is 5.13 Å². The largest absolute Gasteiger partial charge is 0.550 e. The Bertz CT molecular complexity index is 763. The number of nitrogens with one attached hydrogen (secondary N) is 1. The summed E-state index contributed by atoms with van der Waals surface area (Å²) in [4.78, 5) is 40.8. The smallest absolute Gasteiger partial charge is 0.254 e. The summed E-state index contributed by atoms with van der Waals surface area (Å²) in [6, 6.07) is 8.64. The van der Waals surface area contributed by atoms with Gasteiger partial charge in [0.25, 0.3) is 5.91 Å². The Morgan fingerprint density at radius 1 is 1.27 bits per heavy atom. The second kappa shape index (κ2) is 9.64. The lowest BCUT2D eigenvalue weighted by Gasteiger charge is -2.21. The van der Waals surface area contributed by atoms with E-state index < -0.39 is 11.9 Å². The topological polar surface area (TPSA) is 112 Å². The van der Waals surface area contributed by atoms with Gasteiger partial charge in [0.2, 0.25) is 5.91 Å². The standard InChI is InChI=1S/C17H19N3O5S/c1-25-8-7-20(16(24)12-5-3-2-4-6-12)10-14(21)19-17-18-13(11-26-17)9-15(22)23/h2-6,11H,7-10H2,1H3,(H,22,23)(H,18,19,21)/p-1. The molecule has 1 aromatic carbocycles. The number of carboxylic acid groups (broad SMARTS) is 1. The van der Waals surface area contributed by atoms with Crippen molar-refractivity contribution in [3.8, 4) is 0 Å². The predicted molar refractivity (Wildman–Crippen MR) is 93.7 cm³/mol. The van der Waals surface area contributed by atoms with E-state index in [2.05, 4.69) is 10.3 Å². The van der Waals surface area contributed by atoms with Crippen LogP contribution in [0.15, 0.2) is 35.7 Å². The van der Waals surface area contributed by atoms with Crippen LogP contribution in [0.25, 0.3) is 0 Å². The number of thiazole rings is 1. The van der Waals surface area contributed by atoms with E-state index in [0.717, 1.165) is 11.3 Å². The number of aromatic nitrogens is 1. The Morgan fingerprint density at radius 2 is 2.00 bits per heavy atom. The van der Waals surface area contributed by atoms with Crippen LogP contribution in [0.5, 0.6) is 0 Å². The van der Waals surface area contributed by atoms with Crippen molar-refractivity contribution < 1.29 is 24.2 Å². The number of amides is 2. The fourth-order valence-electron chi connectivity index (χ4n) is 2.14. The summed E-state index contributed by atoms with van der Waals surface area (Å²) in [5.74, 6) is -1.96. The highest BCUT2D eigenvalue weighted by molar-refractivity contribution is 7.13. The van der Waals surface area contributed by atoms with Crippen molar-refractivity contribution in [2.75, 3.05) is 32.1 Å². The van der Waals surface area contributed by atoms with Gasteiger partial charge in [-0.2, -0.15) is 0 Å². The Kier molecular flexibility index (Phi) is 7.24. The van der Waals surface area contributed by atoms with E-state index in [1.165, 1.54) is 17.4 Å². The molecule has 2 rings (SSSR count). The zero-order valence-electron chi connectivity index (χ0n) is 14.1. The molecule has 2 aromatic rings. The lowest BCUT2D eigenvalue weighted by Crippen LogP contribution is -2.40. The molecule has 0 aliphatic carbocycles. The third-order valence-electron chi connectivity index (χ3n) is 3.33. The van der Waals surface area contributed by atoms with Gasteiger partial charge in [0.05, 0.1) is 12.3 Å². The van der Waals surface area contributed by atoms with Crippen molar-refractivity contribution >= 4 is 34.3 Å². The van der Waals surface area contributed by atoms with Crippen LogP contribution in [0, 0.1) is 0 Å². The Morgan fingerprint density at radius 3 is 2.65 bits per heavy atom. The molecule has 0 aliphatic heterocycles. The highest BCUT2D eigenvalue weighted by Crippen LogP contribution is 2.15. The van der Waals surface area contributed by atoms with Crippen LogP contribution >= 0.6 is 11.3 Å².